The van der Waals surface area contributed by atoms with Crippen molar-refractivity contribution in [3.8, 4) is 28.5 Å². The minimum absolute atomic E-state index is 0.00176. The smallest absolute Gasteiger partial charge is 0.260 e. The summed E-state index contributed by atoms with van der Waals surface area (Å²) in [4.78, 5) is 16.7. The number of amides is 1. The Morgan fingerprint density at radius 1 is 0.886 bits per heavy atom. The van der Waals surface area contributed by atoms with Gasteiger partial charge >= 0.3 is 0 Å². The predicted molar refractivity (Wildman–Crippen MR) is 135 cm³/mol. The fourth-order valence-electron chi connectivity index (χ4n) is 4.15. The second-order valence-corrected chi connectivity index (χ2v) is 8.70. The van der Waals surface area contributed by atoms with Gasteiger partial charge in [0.25, 0.3) is 5.91 Å². The van der Waals surface area contributed by atoms with Crippen molar-refractivity contribution in [1.82, 2.24) is 15.1 Å². The van der Waals surface area contributed by atoms with E-state index in [0.717, 1.165) is 28.4 Å². The number of nitrogens with zero attached hydrogens (tertiary/aromatic N) is 4. The summed E-state index contributed by atoms with van der Waals surface area (Å²) >= 11 is 0. The van der Waals surface area contributed by atoms with E-state index in [1.807, 2.05) is 59.5 Å². The number of para-hydroxylation sites is 1. The van der Waals surface area contributed by atoms with Crippen LogP contribution in [0.15, 0.2) is 54.6 Å². The number of aromatic nitrogens is 2. The molecule has 0 radical (unpaired) electrons. The summed E-state index contributed by atoms with van der Waals surface area (Å²) in [6.07, 6.45) is 0. The van der Waals surface area contributed by atoms with E-state index < -0.39 is 0 Å². The van der Waals surface area contributed by atoms with Gasteiger partial charge in [0.2, 0.25) is 0 Å². The number of anilines is 1. The fraction of sp³-hybridized carbons (Fsp3) is 0.370. The molecule has 8 nitrogen and oxygen atoms in total. The molecule has 0 spiro atoms. The van der Waals surface area contributed by atoms with Gasteiger partial charge in [0.15, 0.2) is 23.9 Å². The van der Waals surface area contributed by atoms with Crippen LogP contribution >= 0.6 is 0 Å². The number of benzene rings is 2. The van der Waals surface area contributed by atoms with Crippen molar-refractivity contribution in [3.63, 3.8) is 0 Å². The lowest BCUT2D eigenvalue weighted by Crippen LogP contribution is -2.50. The molecular formula is C27H32N4O4. The average Bonchev–Trinajstić information content (AvgIpc) is 2.91. The third-order valence-corrected chi connectivity index (χ3v) is 6.18. The van der Waals surface area contributed by atoms with Crippen LogP contribution in [-0.2, 0) is 4.79 Å². The highest BCUT2D eigenvalue weighted by atomic mass is 16.5. The zero-order chi connectivity index (χ0) is 24.8. The molecular weight excluding hydrogens is 444 g/mol. The van der Waals surface area contributed by atoms with E-state index in [1.54, 1.807) is 14.2 Å². The molecule has 2 aromatic carbocycles. The minimum atomic E-state index is -0.00176. The van der Waals surface area contributed by atoms with Crippen molar-refractivity contribution in [3.05, 3.63) is 60.2 Å². The summed E-state index contributed by atoms with van der Waals surface area (Å²) in [6.45, 7) is 6.90. The van der Waals surface area contributed by atoms with Crippen LogP contribution in [0.2, 0.25) is 0 Å². The van der Waals surface area contributed by atoms with Gasteiger partial charge in [-0.3, -0.25) is 4.79 Å². The molecule has 0 unspecified atom stereocenters. The lowest BCUT2D eigenvalue weighted by molar-refractivity contribution is -0.133. The molecule has 8 heteroatoms. The SMILES string of the molecule is COc1ccc(-c2ccc(N3CCN(C(=O)COc4ccccc4C(C)C)CC3)nn2)cc1OC. The molecule has 1 aromatic heterocycles. The van der Waals surface area contributed by atoms with Crippen molar-refractivity contribution in [2.24, 2.45) is 0 Å². The first-order valence-electron chi connectivity index (χ1n) is 11.8. The maximum atomic E-state index is 12.7. The van der Waals surface area contributed by atoms with Crippen LogP contribution in [0.1, 0.15) is 25.3 Å². The largest absolute Gasteiger partial charge is 0.493 e. The lowest BCUT2D eigenvalue weighted by Gasteiger charge is -2.35. The summed E-state index contributed by atoms with van der Waals surface area (Å²) in [6, 6.07) is 17.5. The number of ether oxygens (including phenoxy) is 3. The van der Waals surface area contributed by atoms with Gasteiger partial charge in [-0.25, -0.2) is 0 Å². The molecule has 35 heavy (non-hydrogen) atoms. The van der Waals surface area contributed by atoms with Crippen LogP contribution in [0.3, 0.4) is 0 Å². The maximum Gasteiger partial charge on any atom is 0.260 e. The molecule has 0 aliphatic carbocycles. The third-order valence-electron chi connectivity index (χ3n) is 6.18. The summed E-state index contributed by atoms with van der Waals surface area (Å²) in [7, 11) is 3.22. The maximum absolute atomic E-state index is 12.7. The Balaban J connectivity index is 1.32. The van der Waals surface area contributed by atoms with E-state index >= 15 is 0 Å². The molecule has 1 fully saturated rings. The van der Waals surface area contributed by atoms with Crippen molar-refractivity contribution in [1.29, 1.82) is 0 Å². The predicted octanol–water partition coefficient (Wildman–Crippen LogP) is 4.01. The number of methoxy groups -OCH3 is 2. The van der Waals surface area contributed by atoms with Gasteiger partial charge in [-0.2, -0.15) is 0 Å². The summed E-state index contributed by atoms with van der Waals surface area (Å²) in [5, 5.41) is 8.83. The van der Waals surface area contributed by atoms with Crippen LogP contribution in [0.5, 0.6) is 17.2 Å². The molecule has 4 rings (SSSR count). The van der Waals surface area contributed by atoms with Crippen LogP contribution < -0.4 is 19.1 Å². The van der Waals surface area contributed by atoms with Gasteiger partial charge < -0.3 is 24.0 Å². The van der Waals surface area contributed by atoms with Gasteiger partial charge in [-0.1, -0.05) is 32.0 Å². The number of piperazine rings is 1. The molecule has 3 aromatic rings. The molecule has 1 aliphatic rings. The third kappa shape index (κ3) is 5.65. The summed E-state index contributed by atoms with van der Waals surface area (Å²) in [5.41, 5.74) is 2.76. The molecule has 0 bridgehead atoms. The quantitative estimate of drug-likeness (QED) is 0.486. The van der Waals surface area contributed by atoms with Gasteiger partial charge in [-0.05, 0) is 47.9 Å². The Hall–Kier alpha value is -3.81. The van der Waals surface area contributed by atoms with E-state index in [-0.39, 0.29) is 12.5 Å². The molecule has 1 amide bonds. The lowest BCUT2D eigenvalue weighted by atomic mass is 10.0. The van der Waals surface area contributed by atoms with E-state index in [0.29, 0.717) is 43.6 Å². The van der Waals surface area contributed by atoms with Crippen LogP contribution in [-0.4, -0.2) is 68.0 Å². The van der Waals surface area contributed by atoms with Crippen LogP contribution in [0.25, 0.3) is 11.3 Å². The van der Waals surface area contributed by atoms with Crippen LogP contribution in [0, 0.1) is 0 Å². The van der Waals surface area contributed by atoms with Gasteiger partial charge in [0, 0.05) is 31.7 Å². The Morgan fingerprint density at radius 3 is 2.29 bits per heavy atom. The Bertz CT molecular complexity index is 1140. The van der Waals surface area contributed by atoms with Crippen molar-refractivity contribution >= 4 is 11.7 Å². The molecule has 184 valence electrons. The highest BCUT2D eigenvalue weighted by Gasteiger charge is 2.23. The first-order valence-corrected chi connectivity index (χ1v) is 11.8. The monoisotopic (exact) mass is 476 g/mol. The second kappa shape index (κ2) is 11.1. The van der Waals surface area contributed by atoms with E-state index in [2.05, 4.69) is 28.9 Å². The molecule has 0 N–H and O–H groups in total. The van der Waals surface area contributed by atoms with Crippen molar-refractivity contribution in [2.75, 3.05) is 51.9 Å². The number of hydrogen-bond donors (Lipinski definition) is 0. The average molecular weight is 477 g/mol. The molecule has 0 saturated carbocycles. The number of carbonyl (C=O) groups is 1. The Morgan fingerprint density at radius 2 is 1.63 bits per heavy atom. The first-order chi connectivity index (χ1) is 17.0. The van der Waals surface area contributed by atoms with E-state index in [9.17, 15) is 4.79 Å². The minimum Gasteiger partial charge on any atom is -0.493 e. The number of rotatable bonds is 8. The fourth-order valence-corrected chi connectivity index (χ4v) is 4.15. The highest BCUT2D eigenvalue weighted by molar-refractivity contribution is 5.78. The molecule has 1 aliphatic heterocycles. The van der Waals surface area contributed by atoms with Crippen molar-refractivity contribution in [2.45, 2.75) is 19.8 Å². The Kier molecular flexibility index (Phi) is 7.70. The zero-order valence-electron chi connectivity index (χ0n) is 20.7. The first kappa shape index (κ1) is 24.3. The number of hydrogen-bond acceptors (Lipinski definition) is 7. The normalized spacial score (nSPS) is 13.6. The molecule has 0 atom stereocenters. The topological polar surface area (TPSA) is 77.0 Å². The van der Waals surface area contributed by atoms with Crippen molar-refractivity contribution < 1.29 is 19.0 Å². The molecule has 1 saturated heterocycles. The second-order valence-electron chi connectivity index (χ2n) is 8.70. The zero-order valence-corrected chi connectivity index (χ0v) is 20.7. The standard InChI is InChI=1S/C27H32N4O4/c1-19(2)21-7-5-6-8-23(21)35-18-27(32)31-15-13-30(14-16-31)26-12-10-22(28-29-26)20-9-11-24(33-3)25(17-20)34-4/h5-12,17,19H,13-16,18H2,1-4H3. The van der Waals surface area contributed by atoms with Crippen LogP contribution in [0.4, 0.5) is 5.82 Å². The van der Waals surface area contributed by atoms with Gasteiger partial charge in [0.1, 0.15) is 5.75 Å². The summed E-state index contributed by atoms with van der Waals surface area (Å²) in [5.74, 6) is 3.22. The molecule has 2 heterocycles. The van der Waals surface area contributed by atoms with E-state index in [1.165, 1.54) is 0 Å². The Labute approximate surface area is 206 Å². The number of carbonyl (C=O) groups excluding carboxylic acids is 1. The van der Waals surface area contributed by atoms with Gasteiger partial charge in [-0.15, -0.1) is 10.2 Å². The summed E-state index contributed by atoms with van der Waals surface area (Å²) < 4.78 is 16.5. The highest BCUT2D eigenvalue weighted by Crippen LogP contribution is 2.31. The van der Waals surface area contributed by atoms with E-state index in [4.69, 9.17) is 14.2 Å². The van der Waals surface area contributed by atoms with Gasteiger partial charge in [0.05, 0.1) is 19.9 Å².